The van der Waals surface area contributed by atoms with Crippen molar-refractivity contribution in [2.75, 3.05) is 7.05 Å². The van der Waals surface area contributed by atoms with Gasteiger partial charge < -0.3 is 5.32 Å². The van der Waals surface area contributed by atoms with Gasteiger partial charge in [-0.2, -0.15) is 0 Å². The summed E-state index contributed by atoms with van der Waals surface area (Å²) in [6.07, 6.45) is 1.85. The highest BCUT2D eigenvalue weighted by atomic mass is 14.9. The Balaban J connectivity index is 2.21. The number of benzene rings is 2. The first-order valence-corrected chi connectivity index (χ1v) is 7.29. The van der Waals surface area contributed by atoms with Crippen LogP contribution in [0.2, 0.25) is 0 Å². The number of nitrogens with one attached hydrogen (secondary N) is 1. The Labute approximate surface area is 125 Å². The number of nitrogens with zero attached hydrogens (tertiary/aromatic N) is 1. The summed E-state index contributed by atoms with van der Waals surface area (Å²) in [4.78, 5) is 4.46. The van der Waals surface area contributed by atoms with Crippen LogP contribution >= 0.6 is 0 Å². The molecule has 21 heavy (non-hydrogen) atoms. The molecule has 0 aliphatic rings. The lowest BCUT2D eigenvalue weighted by Gasteiger charge is -2.21. The van der Waals surface area contributed by atoms with Gasteiger partial charge in [0.1, 0.15) is 0 Å². The number of fused-ring (bicyclic) bond motifs is 1. The fourth-order valence-corrected chi connectivity index (χ4v) is 2.93. The molecule has 0 spiro atoms. The van der Waals surface area contributed by atoms with Gasteiger partial charge in [0, 0.05) is 11.6 Å². The fourth-order valence-electron chi connectivity index (χ4n) is 2.93. The molecule has 0 amide bonds. The fraction of sp³-hybridized carbons (Fsp3) is 0.211. The molecule has 0 bridgehead atoms. The van der Waals surface area contributed by atoms with E-state index in [-0.39, 0.29) is 6.04 Å². The third-order valence-electron chi connectivity index (χ3n) is 4.02. The second kappa shape index (κ2) is 5.66. The average molecular weight is 276 g/mol. The van der Waals surface area contributed by atoms with E-state index in [9.17, 15) is 0 Å². The number of aryl methyl sites for hydroxylation is 2. The smallest absolute Gasteiger partial charge is 0.0705 e. The maximum atomic E-state index is 4.46. The van der Waals surface area contributed by atoms with Gasteiger partial charge in [-0.05, 0) is 49.7 Å². The van der Waals surface area contributed by atoms with Crippen LogP contribution in [0, 0.1) is 13.8 Å². The van der Waals surface area contributed by atoms with Gasteiger partial charge >= 0.3 is 0 Å². The summed E-state index contributed by atoms with van der Waals surface area (Å²) in [5.41, 5.74) is 6.24. The van der Waals surface area contributed by atoms with Gasteiger partial charge in [0.05, 0.1) is 11.6 Å². The Morgan fingerprint density at radius 1 is 0.952 bits per heavy atom. The first-order chi connectivity index (χ1) is 10.2. The van der Waals surface area contributed by atoms with E-state index in [4.69, 9.17) is 0 Å². The number of rotatable bonds is 3. The molecule has 0 fully saturated rings. The molecule has 1 N–H and O–H groups in total. The minimum Gasteiger partial charge on any atom is -0.309 e. The van der Waals surface area contributed by atoms with Crippen LogP contribution in [0.15, 0.2) is 54.7 Å². The van der Waals surface area contributed by atoms with Crippen molar-refractivity contribution in [3.8, 4) is 0 Å². The van der Waals surface area contributed by atoms with Crippen molar-refractivity contribution in [2.45, 2.75) is 19.9 Å². The van der Waals surface area contributed by atoms with Gasteiger partial charge in [-0.25, -0.2) is 0 Å². The van der Waals surface area contributed by atoms with E-state index in [0.29, 0.717) is 0 Å². The van der Waals surface area contributed by atoms with Gasteiger partial charge in [0.15, 0.2) is 0 Å². The quantitative estimate of drug-likeness (QED) is 0.777. The van der Waals surface area contributed by atoms with Gasteiger partial charge in [-0.3, -0.25) is 4.98 Å². The van der Waals surface area contributed by atoms with Crippen molar-refractivity contribution in [2.24, 2.45) is 0 Å². The van der Waals surface area contributed by atoms with Crippen LogP contribution in [0.5, 0.6) is 0 Å². The maximum Gasteiger partial charge on any atom is 0.0705 e. The zero-order chi connectivity index (χ0) is 14.8. The van der Waals surface area contributed by atoms with Crippen LogP contribution in [0.1, 0.15) is 28.3 Å². The predicted octanol–water partition coefficient (Wildman–Crippen LogP) is 4.16. The molecule has 2 heteroatoms. The van der Waals surface area contributed by atoms with E-state index in [0.717, 1.165) is 5.52 Å². The summed E-state index contributed by atoms with van der Waals surface area (Å²) < 4.78 is 0. The van der Waals surface area contributed by atoms with E-state index in [1.165, 1.54) is 27.6 Å². The molecule has 3 rings (SSSR count). The molecule has 0 aliphatic carbocycles. The van der Waals surface area contributed by atoms with E-state index in [1.54, 1.807) is 0 Å². The van der Waals surface area contributed by atoms with Crippen LogP contribution in [-0.2, 0) is 0 Å². The van der Waals surface area contributed by atoms with Crippen LogP contribution in [0.3, 0.4) is 0 Å². The normalized spacial score (nSPS) is 12.5. The van der Waals surface area contributed by atoms with Gasteiger partial charge in [-0.1, -0.05) is 42.0 Å². The number of hydrogen-bond donors (Lipinski definition) is 1. The Bertz CT molecular complexity index is 772. The molecule has 1 heterocycles. The molecule has 0 saturated heterocycles. The summed E-state index contributed by atoms with van der Waals surface area (Å²) in [5.74, 6) is 0. The monoisotopic (exact) mass is 276 g/mol. The van der Waals surface area contributed by atoms with Crippen LogP contribution in [0.4, 0.5) is 0 Å². The largest absolute Gasteiger partial charge is 0.309 e. The minimum atomic E-state index is 0.179. The molecule has 0 saturated carbocycles. The Morgan fingerprint density at radius 2 is 1.81 bits per heavy atom. The molecule has 1 unspecified atom stereocenters. The highest BCUT2D eigenvalue weighted by Crippen LogP contribution is 2.30. The predicted molar refractivity (Wildman–Crippen MR) is 88.6 cm³/mol. The number of pyridine rings is 1. The van der Waals surface area contributed by atoms with Crippen molar-refractivity contribution in [1.29, 1.82) is 0 Å². The summed E-state index contributed by atoms with van der Waals surface area (Å²) >= 11 is 0. The van der Waals surface area contributed by atoms with Gasteiger partial charge in [-0.15, -0.1) is 0 Å². The zero-order valence-corrected chi connectivity index (χ0v) is 12.7. The number of hydrogen-bond acceptors (Lipinski definition) is 2. The molecule has 0 radical (unpaired) electrons. The van der Waals surface area contributed by atoms with Crippen molar-refractivity contribution < 1.29 is 0 Å². The van der Waals surface area contributed by atoms with Crippen molar-refractivity contribution in [1.82, 2.24) is 10.3 Å². The molecule has 2 nitrogen and oxygen atoms in total. The second-order valence-corrected chi connectivity index (χ2v) is 5.50. The average Bonchev–Trinajstić information content (AvgIpc) is 2.51. The van der Waals surface area contributed by atoms with E-state index in [2.05, 4.69) is 66.6 Å². The molecule has 0 aliphatic heterocycles. The SMILES string of the molecule is CNC(c1cc(C)ccc1C)c1cccc2ncccc12. The Kier molecular flexibility index (Phi) is 3.72. The first-order valence-electron chi connectivity index (χ1n) is 7.29. The van der Waals surface area contributed by atoms with Crippen molar-refractivity contribution in [3.63, 3.8) is 0 Å². The van der Waals surface area contributed by atoms with Crippen molar-refractivity contribution >= 4 is 10.9 Å². The summed E-state index contributed by atoms with van der Waals surface area (Å²) in [7, 11) is 2.02. The maximum absolute atomic E-state index is 4.46. The number of aromatic nitrogens is 1. The van der Waals surface area contributed by atoms with Crippen LogP contribution in [-0.4, -0.2) is 12.0 Å². The molecule has 1 atom stereocenters. The molecular formula is C19H20N2. The highest BCUT2D eigenvalue weighted by Gasteiger charge is 2.16. The first kappa shape index (κ1) is 13.8. The van der Waals surface area contributed by atoms with Crippen LogP contribution in [0.25, 0.3) is 10.9 Å². The topological polar surface area (TPSA) is 24.9 Å². The molecule has 106 valence electrons. The Hall–Kier alpha value is -2.19. The van der Waals surface area contributed by atoms with Crippen LogP contribution < -0.4 is 5.32 Å². The van der Waals surface area contributed by atoms with E-state index >= 15 is 0 Å². The molecule has 2 aromatic carbocycles. The molecule has 1 aromatic heterocycles. The molecular weight excluding hydrogens is 256 g/mol. The lowest BCUT2D eigenvalue weighted by Crippen LogP contribution is -2.19. The summed E-state index contributed by atoms with van der Waals surface area (Å²) in [6, 6.07) is 17.3. The minimum absolute atomic E-state index is 0.179. The lowest BCUT2D eigenvalue weighted by atomic mass is 9.91. The lowest BCUT2D eigenvalue weighted by molar-refractivity contribution is 0.692. The standard InChI is InChI=1S/C19H20N2/c1-13-9-10-14(2)17(12-13)19(20-3)16-6-4-8-18-15(16)7-5-11-21-18/h4-12,19-20H,1-3H3. The summed E-state index contributed by atoms with van der Waals surface area (Å²) in [6.45, 7) is 4.31. The van der Waals surface area contributed by atoms with E-state index < -0.39 is 0 Å². The summed E-state index contributed by atoms with van der Waals surface area (Å²) in [5, 5.41) is 4.68. The van der Waals surface area contributed by atoms with E-state index in [1.807, 2.05) is 19.3 Å². The highest BCUT2D eigenvalue weighted by molar-refractivity contribution is 5.83. The third-order valence-corrected chi connectivity index (χ3v) is 4.02. The van der Waals surface area contributed by atoms with Gasteiger partial charge in [0.2, 0.25) is 0 Å². The Morgan fingerprint density at radius 3 is 2.62 bits per heavy atom. The second-order valence-electron chi connectivity index (χ2n) is 5.50. The third kappa shape index (κ3) is 2.55. The van der Waals surface area contributed by atoms with Crippen molar-refractivity contribution in [3.05, 3.63) is 77.0 Å². The van der Waals surface area contributed by atoms with Gasteiger partial charge in [0.25, 0.3) is 0 Å². The molecule has 3 aromatic rings. The zero-order valence-electron chi connectivity index (χ0n) is 12.7.